The van der Waals surface area contributed by atoms with E-state index in [1.54, 1.807) is 19.9 Å². The molecule has 0 spiro atoms. The molecule has 4 rings (SSSR count). The molecule has 3 aromatic carbocycles. The van der Waals surface area contributed by atoms with E-state index >= 15 is 0 Å². The molecule has 1 unspecified atom stereocenters. The number of ether oxygens (including phenoxy) is 1. The van der Waals surface area contributed by atoms with E-state index in [1.807, 2.05) is 65.2 Å². The van der Waals surface area contributed by atoms with E-state index < -0.39 is 29.5 Å². The number of hydrogen-bond acceptors (Lipinski definition) is 2. The number of alkyl halides is 3. The highest BCUT2D eigenvalue weighted by atomic mass is 19.4. The molecule has 33 heavy (non-hydrogen) atoms. The molecule has 4 nitrogen and oxygen atoms in total. The summed E-state index contributed by atoms with van der Waals surface area (Å²) < 4.78 is 47.7. The Bertz CT molecular complexity index is 1280. The number of halogens is 3. The lowest BCUT2D eigenvalue weighted by Gasteiger charge is -2.36. The summed E-state index contributed by atoms with van der Waals surface area (Å²) in [5.74, 6) is 0. The number of nitrogens with two attached hydrogens (primary N) is 1. The van der Waals surface area contributed by atoms with Crippen LogP contribution in [-0.2, 0) is 10.9 Å². The van der Waals surface area contributed by atoms with Crippen molar-refractivity contribution in [1.29, 1.82) is 0 Å². The first-order chi connectivity index (χ1) is 15.6. The summed E-state index contributed by atoms with van der Waals surface area (Å²) in [4.78, 5) is 11.8. The van der Waals surface area contributed by atoms with Gasteiger partial charge in [-0.1, -0.05) is 60.7 Å². The molecule has 0 aliphatic carbocycles. The number of rotatable bonds is 5. The van der Waals surface area contributed by atoms with Gasteiger partial charge in [0.25, 0.3) is 0 Å². The fraction of sp³-hybridized carbons (Fsp3) is 0.192. The zero-order chi connectivity index (χ0) is 23.8. The van der Waals surface area contributed by atoms with Gasteiger partial charge in [0.1, 0.15) is 5.60 Å². The van der Waals surface area contributed by atoms with Crippen LogP contribution < -0.4 is 5.73 Å². The molecule has 1 amide bonds. The largest absolute Gasteiger partial charge is 0.441 e. The zero-order valence-corrected chi connectivity index (χ0v) is 18.1. The first-order valence-electron chi connectivity index (χ1n) is 10.4. The maximum absolute atomic E-state index is 13.4. The van der Waals surface area contributed by atoms with Crippen LogP contribution in [0.15, 0.2) is 84.9 Å². The highest BCUT2D eigenvalue weighted by Gasteiger charge is 2.38. The number of amides is 1. The van der Waals surface area contributed by atoms with E-state index in [0.717, 1.165) is 23.3 Å². The van der Waals surface area contributed by atoms with E-state index in [9.17, 15) is 18.0 Å². The Morgan fingerprint density at radius 1 is 0.909 bits per heavy atom. The van der Waals surface area contributed by atoms with Gasteiger partial charge in [-0.05, 0) is 49.2 Å². The number of aromatic nitrogens is 1. The van der Waals surface area contributed by atoms with Crippen LogP contribution in [0.3, 0.4) is 0 Å². The van der Waals surface area contributed by atoms with Crippen LogP contribution in [0.5, 0.6) is 0 Å². The maximum Gasteiger partial charge on any atom is 0.416 e. The van der Waals surface area contributed by atoms with Gasteiger partial charge in [-0.2, -0.15) is 13.2 Å². The summed E-state index contributed by atoms with van der Waals surface area (Å²) in [6, 6.07) is 23.6. The van der Waals surface area contributed by atoms with Gasteiger partial charge in [-0.3, -0.25) is 0 Å². The first-order valence-corrected chi connectivity index (χ1v) is 10.4. The van der Waals surface area contributed by atoms with Crippen LogP contribution in [0, 0.1) is 0 Å². The number of primary amides is 1. The molecule has 2 N–H and O–H groups in total. The molecule has 0 radical (unpaired) electrons. The second-order valence-electron chi connectivity index (χ2n) is 8.37. The molecule has 1 heterocycles. The molecular weight excluding hydrogens is 429 g/mol. The van der Waals surface area contributed by atoms with E-state index in [4.69, 9.17) is 10.5 Å². The summed E-state index contributed by atoms with van der Waals surface area (Å²) in [6.07, 6.45) is -5.39. The number of nitrogens with zero attached hydrogens (tertiary/aromatic N) is 1. The van der Waals surface area contributed by atoms with Crippen molar-refractivity contribution in [2.75, 3.05) is 0 Å². The van der Waals surface area contributed by atoms with E-state index in [1.165, 1.54) is 6.07 Å². The van der Waals surface area contributed by atoms with Gasteiger partial charge >= 0.3 is 12.3 Å². The van der Waals surface area contributed by atoms with Crippen LogP contribution in [0.4, 0.5) is 18.0 Å². The highest BCUT2D eigenvalue weighted by molar-refractivity contribution is 5.88. The Kier molecular flexibility index (Phi) is 5.66. The highest BCUT2D eigenvalue weighted by Crippen LogP contribution is 2.42. The van der Waals surface area contributed by atoms with Crippen molar-refractivity contribution in [3.63, 3.8) is 0 Å². The van der Waals surface area contributed by atoms with Crippen molar-refractivity contribution in [3.05, 3.63) is 96.1 Å². The van der Waals surface area contributed by atoms with Crippen molar-refractivity contribution in [2.45, 2.75) is 31.7 Å². The second kappa shape index (κ2) is 8.31. The standard InChI is InChI=1S/C26H23F3N2O2/c1-25(2,33-24(30)32)23(18-11-7-4-8-12-18)31-21-14-13-20(26(27,28)29)15-19(21)16-22(31)17-9-5-3-6-10-17/h3-16,23H,1-2H3,(H2,30,32). The molecule has 1 atom stereocenters. The van der Waals surface area contributed by atoms with Gasteiger partial charge in [0.15, 0.2) is 0 Å². The van der Waals surface area contributed by atoms with Crippen LogP contribution in [0.25, 0.3) is 22.2 Å². The van der Waals surface area contributed by atoms with Gasteiger partial charge in [0.2, 0.25) is 0 Å². The van der Waals surface area contributed by atoms with Crippen molar-refractivity contribution < 1.29 is 22.7 Å². The fourth-order valence-electron chi connectivity index (χ4n) is 4.33. The lowest BCUT2D eigenvalue weighted by atomic mass is 9.90. The molecule has 0 bridgehead atoms. The molecule has 1 aromatic heterocycles. The Balaban J connectivity index is 2.06. The van der Waals surface area contributed by atoms with Gasteiger partial charge in [-0.25, -0.2) is 4.79 Å². The van der Waals surface area contributed by atoms with Crippen molar-refractivity contribution in [1.82, 2.24) is 4.57 Å². The minimum Gasteiger partial charge on any atom is -0.441 e. The smallest absolute Gasteiger partial charge is 0.416 e. The van der Waals surface area contributed by atoms with Crippen LogP contribution in [0.1, 0.15) is 31.0 Å². The summed E-state index contributed by atoms with van der Waals surface area (Å²) >= 11 is 0. The topological polar surface area (TPSA) is 57.2 Å². The van der Waals surface area contributed by atoms with Crippen LogP contribution in [0.2, 0.25) is 0 Å². The summed E-state index contributed by atoms with van der Waals surface area (Å²) in [7, 11) is 0. The molecular formula is C26H23F3N2O2. The average Bonchev–Trinajstić information content (AvgIpc) is 3.12. The van der Waals surface area contributed by atoms with Gasteiger partial charge in [0, 0.05) is 16.6 Å². The first kappa shape index (κ1) is 22.5. The summed E-state index contributed by atoms with van der Waals surface area (Å²) in [6.45, 7) is 3.47. The Hall–Kier alpha value is -3.74. The average molecular weight is 452 g/mol. The zero-order valence-electron chi connectivity index (χ0n) is 18.1. The van der Waals surface area contributed by atoms with Gasteiger partial charge in [-0.15, -0.1) is 0 Å². The number of carbonyl (C=O) groups excluding carboxylic acids is 1. The molecule has 0 fully saturated rings. The minimum absolute atomic E-state index is 0.430. The third-order valence-electron chi connectivity index (χ3n) is 5.63. The lowest BCUT2D eigenvalue weighted by molar-refractivity contribution is -0.137. The second-order valence-corrected chi connectivity index (χ2v) is 8.37. The quantitative estimate of drug-likeness (QED) is 0.362. The van der Waals surface area contributed by atoms with E-state index in [0.29, 0.717) is 16.6 Å². The Labute approximate surface area is 189 Å². The fourth-order valence-corrected chi connectivity index (χ4v) is 4.33. The van der Waals surface area contributed by atoms with Crippen LogP contribution >= 0.6 is 0 Å². The van der Waals surface area contributed by atoms with Crippen LogP contribution in [-0.4, -0.2) is 16.3 Å². The van der Waals surface area contributed by atoms with Crippen molar-refractivity contribution in [2.24, 2.45) is 5.73 Å². The Morgan fingerprint density at radius 3 is 2.09 bits per heavy atom. The van der Waals surface area contributed by atoms with Gasteiger partial charge in [0.05, 0.1) is 11.6 Å². The predicted molar refractivity (Wildman–Crippen MR) is 122 cm³/mol. The van der Waals surface area contributed by atoms with Crippen molar-refractivity contribution >= 4 is 17.0 Å². The minimum atomic E-state index is -4.46. The van der Waals surface area contributed by atoms with E-state index in [-0.39, 0.29) is 0 Å². The molecule has 7 heteroatoms. The molecule has 0 aliphatic rings. The van der Waals surface area contributed by atoms with Gasteiger partial charge < -0.3 is 15.0 Å². The molecule has 4 aromatic rings. The molecule has 0 aliphatic heterocycles. The molecule has 170 valence electrons. The summed E-state index contributed by atoms with van der Waals surface area (Å²) in [5, 5.41) is 0.430. The number of fused-ring (bicyclic) bond motifs is 1. The lowest BCUT2D eigenvalue weighted by Crippen LogP contribution is -2.40. The van der Waals surface area contributed by atoms with Crippen molar-refractivity contribution in [3.8, 4) is 11.3 Å². The predicted octanol–water partition coefficient (Wildman–Crippen LogP) is 6.79. The number of hydrogen-bond donors (Lipinski definition) is 1. The third kappa shape index (κ3) is 4.44. The van der Waals surface area contributed by atoms with E-state index in [2.05, 4.69) is 0 Å². The molecule has 0 saturated carbocycles. The normalized spacial score (nSPS) is 13.1. The Morgan fingerprint density at radius 2 is 1.52 bits per heavy atom. The number of benzene rings is 3. The third-order valence-corrected chi connectivity index (χ3v) is 5.63. The monoisotopic (exact) mass is 452 g/mol. The molecule has 0 saturated heterocycles. The SMILES string of the molecule is CC(C)(OC(N)=O)C(c1ccccc1)n1c(-c2ccccc2)cc2cc(C(F)(F)F)ccc21. The summed E-state index contributed by atoms with van der Waals surface area (Å²) in [5.41, 5.74) is 6.45. The maximum atomic E-state index is 13.4. The number of carbonyl (C=O) groups is 1.